The van der Waals surface area contributed by atoms with Gasteiger partial charge in [-0.1, -0.05) is 11.6 Å². The van der Waals surface area contributed by atoms with E-state index < -0.39 is 0 Å². The molecule has 0 spiro atoms. The van der Waals surface area contributed by atoms with Crippen molar-refractivity contribution < 1.29 is 0 Å². The first kappa shape index (κ1) is 10.4. The van der Waals surface area contributed by atoms with E-state index in [0.29, 0.717) is 5.02 Å². The molecule has 16 heavy (non-hydrogen) atoms. The highest BCUT2D eigenvalue weighted by atomic mass is 35.5. The molecule has 0 fully saturated rings. The summed E-state index contributed by atoms with van der Waals surface area (Å²) in [6.45, 7) is 0. The van der Waals surface area contributed by atoms with Crippen molar-refractivity contribution in [2.24, 2.45) is 0 Å². The van der Waals surface area contributed by atoms with Crippen LogP contribution < -0.4 is 16.8 Å². The van der Waals surface area contributed by atoms with Crippen LogP contribution in [-0.2, 0) is 0 Å². The van der Waals surface area contributed by atoms with Crippen molar-refractivity contribution in [3.63, 3.8) is 0 Å². The van der Waals surface area contributed by atoms with Gasteiger partial charge in [0.2, 0.25) is 5.95 Å². The van der Waals surface area contributed by atoms with Crippen LogP contribution in [0.25, 0.3) is 0 Å². The molecule has 0 saturated heterocycles. The zero-order valence-corrected chi connectivity index (χ0v) is 8.94. The number of benzene rings is 1. The lowest BCUT2D eigenvalue weighted by Gasteiger charge is -2.04. The molecule has 0 unspecified atom stereocenters. The lowest BCUT2D eigenvalue weighted by atomic mass is 10.3. The van der Waals surface area contributed by atoms with Gasteiger partial charge in [-0.15, -0.1) is 10.2 Å². The standard InChI is InChI=1S/C9H9ClN6/c10-5-1-3-6(4-2-5)13-9-14-7(11)8(12)15-16-9/h1-4H,(H2,12,15)(H3,11,13,14,16). The van der Waals surface area contributed by atoms with Crippen molar-refractivity contribution >= 4 is 34.9 Å². The Bertz CT molecular complexity index is 498. The minimum absolute atomic E-state index is 0.113. The molecule has 0 amide bonds. The van der Waals surface area contributed by atoms with Crippen LogP contribution in [0.1, 0.15) is 0 Å². The molecule has 6 nitrogen and oxygen atoms in total. The van der Waals surface area contributed by atoms with Gasteiger partial charge in [-0.25, -0.2) is 0 Å². The second kappa shape index (κ2) is 4.19. The molecule has 82 valence electrons. The Morgan fingerprint density at radius 2 is 1.69 bits per heavy atom. The van der Waals surface area contributed by atoms with Gasteiger partial charge in [0.1, 0.15) is 0 Å². The summed E-state index contributed by atoms with van der Waals surface area (Å²) in [5, 5.41) is 11.0. The average molecular weight is 237 g/mol. The Labute approximate surface area is 96.6 Å². The maximum Gasteiger partial charge on any atom is 0.249 e. The van der Waals surface area contributed by atoms with Gasteiger partial charge in [-0.05, 0) is 24.3 Å². The molecule has 1 aromatic heterocycles. The number of hydrogen-bond donors (Lipinski definition) is 3. The Hall–Kier alpha value is -2.08. The quantitative estimate of drug-likeness (QED) is 0.729. The summed E-state index contributed by atoms with van der Waals surface area (Å²) < 4.78 is 0. The number of nitrogens with one attached hydrogen (secondary N) is 1. The number of rotatable bonds is 2. The number of hydrogen-bond acceptors (Lipinski definition) is 6. The first-order chi connectivity index (χ1) is 7.65. The molecular weight excluding hydrogens is 228 g/mol. The number of anilines is 4. The van der Waals surface area contributed by atoms with E-state index in [1.807, 2.05) is 0 Å². The lowest BCUT2D eigenvalue weighted by Crippen LogP contribution is -2.06. The molecule has 5 N–H and O–H groups in total. The van der Waals surface area contributed by atoms with Gasteiger partial charge in [0.05, 0.1) is 0 Å². The molecule has 2 aromatic rings. The van der Waals surface area contributed by atoms with Crippen LogP contribution in [0.4, 0.5) is 23.3 Å². The van der Waals surface area contributed by atoms with E-state index in [1.165, 1.54) is 0 Å². The van der Waals surface area contributed by atoms with Gasteiger partial charge >= 0.3 is 0 Å². The van der Waals surface area contributed by atoms with Gasteiger partial charge in [0, 0.05) is 10.7 Å². The summed E-state index contributed by atoms with van der Waals surface area (Å²) in [6, 6.07) is 7.08. The maximum atomic E-state index is 5.75. The van der Waals surface area contributed by atoms with Crippen LogP contribution in [-0.4, -0.2) is 15.2 Å². The van der Waals surface area contributed by atoms with Gasteiger partial charge in [0.15, 0.2) is 11.6 Å². The summed E-state index contributed by atoms with van der Waals surface area (Å²) in [5.74, 6) is 0.544. The Kier molecular flexibility index (Phi) is 2.74. The topological polar surface area (TPSA) is 103 Å². The molecule has 0 bridgehead atoms. The summed E-state index contributed by atoms with van der Waals surface area (Å²) >= 11 is 5.75. The molecular formula is C9H9ClN6. The highest BCUT2D eigenvalue weighted by molar-refractivity contribution is 6.30. The predicted molar refractivity (Wildman–Crippen MR) is 63.4 cm³/mol. The summed E-state index contributed by atoms with van der Waals surface area (Å²) in [6.07, 6.45) is 0. The maximum absolute atomic E-state index is 5.75. The van der Waals surface area contributed by atoms with E-state index in [4.69, 9.17) is 23.1 Å². The third kappa shape index (κ3) is 2.29. The van der Waals surface area contributed by atoms with Crippen molar-refractivity contribution in [1.29, 1.82) is 0 Å². The molecule has 7 heteroatoms. The Balaban J connectivity index is 2.20. The van der Waals surface area contributed by atoms with Crippen LogP contribution in [0.2, 0.25) is 5.02 Å². The second-order valence-electron chi connectivity index (χ2n) is 3.04. The van der Waals surface area contributed by atoms with E-state index in [2.05, 4.69) is 20.5 Å². The van der Waals surface area contributed by atoms with Crippen LogP contribution in [0.15, 0.2) is 24.3 Å². The van der Waals surface area contributed by atoms with Crippen molar-refractivity contribution in [3.05, 3.63) is 29.3 Å². The SMILES string of the molecule is Nc1nnc(Nc2ccc(Cl)cc2)nc1N. The summed E-state index contributed by atoms with van der Waals surface area (Å²) in [4.78, 5) is 3.93. The van der Waals surface area contributed by atoms with Crippen LogP contribution in [0.3, 0.4) is 0 Å². The average Bonchev–Trinajstić information content (AvgIpc) is 2.27. The van der Waals surface area contributed by atoms with E-state index in [0.717, 1.165) is 5.69 Å². The highest BCUT2D eigenvalue weighted by Gasteiger charge is 2.02. The molecule has 1 aromatic carbocycles. The lowest BCUT2D eigenvalue weighted by molar-refractivity contribution is 0.996. The highest BCUT2D eigenvalue weighted by Crippen LogP contribution is 2.17. The van der Waals surface area contributed by atoms with Gasteiger partial charge in [-0.3, -0.25) is 0 Å². The molecule has 0 aliphatic heterocycles. The molecule has 0 saturated carbocycles. The van der Waals surface area contributed by atoms with Crippen molar-refractivity contribution in [3.8, 4) is 0 Å². The number of aromatic nitrogens is 3. The van der Waals surface area contributed by atoms with Gasteiger partial charge in [0.25, 0.3) is 0 Å². The molecule has 0 radical (unpaired) electrons. The monoisotopic (exact) mass is 236 g/mol. The van der Waals surface area contributed by atoms with E-state index in [1.54, 1.807) is 24.3 Å². The van der Waals surface area contributed by atoms with Crippen LogP contribution >= 0.6 is 11.6 Å². The van der Waals surface area contributed by atoms with Crippen molar-refractivity contribution in [1.82, 2.24) is 15.2 Å². The fourth-order valence-electron chi connectivity index (χ4n) is 1.06. The van der Waals surface area contributed by atoms with Crippen LogP contribution in [0, 0.1) is 0 Å². The van der Waals surface area contributed by atoms with Crippen LogP contribution in [0.5, 0.6) is 0 Å². The van der Waals surface area contributed by atoms with Crippen molar-refractivity contribution in [2.45, 2.75) is 0 Å². The van der Waals surface area contributed by atoms with E-state index >= 15 is 0 Å². The Morgan fingerprint density at radius 3 is 2.31 bits per heavy atom. The summed E-state index contributed by atoms with van der Waals surface area (Å²) in [7, 11) is 0. The van der Waals surface area contributed by atoms with Gasteiger partial charge < -0.3 is 16.8 Å². The first-order valence-corrected chi connectivity index (χ1v) is 4.81. The third-order valence-electron chi connectivity index (χ3n) is 1.84. The summed E-state index contributed by atoms with van der Waals surface area (Å²) in [5.41, 5.74) is 11.7. The molecule has 2 rings (SSSR count). The zero-order chi connectivity index (χ0) is 11.5. The predicted octanol–water partition coefficient (Wildman–Crippen LogP) is 1.43. The molecule has 0 atom stereocenters. The third-order valence-corrected chi connectivity index (χ3v) is 2.09. The number of nitrogen functional groups attached to an aromatic ring is 2. The fourth-order valence-corrected chi connectivity index (χ4v) is 1.19. The molecule has 0 aliphatic rings. The Morgan fingerprint density at radius 1 is 1.00 bits per heavy atom. The minimum Gasteiger partial charge on any atom is -0.380 e. The first-order valence-electron chi connectivity index (χ1n) is 4.43. The molecule has 1 heterocycles. The fraction of sp³-hybridized carbons (Fsp3) is 0. The zero-order valence-electron chi connectivity index (χ0n) is 8.18. The number of halogens is 1. The largest absolute Gasteiger partial charge is 0.380 e. The van der Waals surface area contributed by atoms with E-state index in [-0.39, 0.29) is 17.6 Å². The van der Waals surface area contributed by atoms with Gasteiger partial charge in [-0.2, -0.15) is 4.98 Å². The van der Waals surface area contributed by atoms with E-state index in [9.17, 15) is 0 Å². The number of nitrogens with two attached hydrogens (primary N) is 2. The molecule has 0 aliphatic carbocycles. The minimum atomic E-state index is 0.113. The normalized spacial score (nSPS) is 10.1. The van der Waals surface area contributed by atoms with Crippen molar-refractivity contribution in [2.75, 3.05) is 16.8 Å². The smallest absolute Gasteiger partial charge is 0.249 e. The number of nitrogens with zero attached hydrogens (tertiary/aromatic N) is 3. The second-order valence-corrected chi connectivity index (χ2v) is 3.47.